The number of aryl methyl sites for hydroxylation is 1. The molecule has 17 heavy (non-hydrogen) atoms. The van der Waals surface area contributed by atoms with Gasteiger partial charge in [0.1, 0.15) is 5.82 Å². The molecular weight excluding hydrogens is 287 g/mol. The fourth-order valence-corrected chi connectivity index (χ4v) is 2.60. The van der Waals surface area contributed by atoms with Gasteiger partial charge in [0, 0.05) is 16.9 Å². The normalized spacial score (nSPS) is 16.4. The summed E-state index contributed by atoms with van der Waals surface area (Å²) >= 11 is 3.32. The predicted octanol–water partition coefficient (Wildman–Crippen LogP) is 2.89. The summed E-state index contributed by atoms with van der Waals surface area (Å²) in [6.07, 6.45) is 0. The van der Waals surface area contributed by atoms with E-state index in [9.17, 15) is 4.39 Å². The van der Waals surface area contributed by atoms with Crippen LogP contribution < -0.4 is 0 Å². The predicted molar refractivity (Wildman–Crippen MR) is 66.4 cm³/mol. The minimum absolute atomic E-state index is 0.219. The number of hydrogen-bond donors (Lipinski definition) is 0. The molecule has 0 aliphatic carbocycles. The molecule has 90 valence electrons. The monoisotopic (exact) mass is 298 g/mol. The highest BCUT2D eigenvalue weighted by atomic mass is 79.9. The maximum absolute atomic E-state index is 13.8. The first-order valence-corrected chi connectivity index (χ1v) is 6.34. The highest BCUT2D eigenvalue weighted by molar-refractivity contribution is 9.10. The van der Waals surface area contributed by atoms with Gasteiger partial charge in [0.25, 0.3) is 0 Å². The summed E-state index contributed by atoms with van der Waals surface area (Å²) in [7, 11) is 0. The summed E-state index contributed by atoms with van der Waals surface area (Å²) < 4.78 is 21.6. The molecule has 0 bridgehead atoms. The molecule has 0 radical (unpaired) electrons. The van der Waals surface area contributed by atoms with Crippen LogP contribution in [0.25, 0.3) is 10.9 Å². The van der Waals surface area contributed by atoms with Gasteiger partial charge in [-0.05, 0) is 19.1 Å². The summed E-state index contributed by atoms with van der Waals surface area (Å²) in [5.74, 6) is 0.280. The van der Waals surface area contributed by atoms with E-state index in [1.165, 1.54) is 6.07 Å². The van der Waals surface area contributed by atoms with Crippen LogP contribution in [0.4, 0.5) is 4.39 Å². The van der Waals surface area contributed by atoms with E-state index in [-0.39, 0.29) is 5.82 Å². The summed E-state index contributed by atoms with van der Waals surface area (Å²) in [4.78, 5) is 0. The molecule has 1 saturated heterocycles. The third-order valence-electron chi connectivity index (χ3n) is 3.08. The van der Waals surface area contributed by atoms with Gasteiger partial charge in [0.2, 0.25) is 0 Å². The van der Waals surface area contributed by atoms with Crippen LogP contribution in [-0.4, -0.2) is 23.0 Å². The number of halogens is 2. The quantitative estimate of drug-likeness (QED) is 0.852. The summed E-state index contributed by atoms with van der Waals surface area (Å²) in [5, 5.41) is 5.03. The van der Waals surface area contributed by atoms with Gasteiger partial charge in [-0.1, -0.05) is 15.9 Å². The van der Waals surface area contributed by atoms with E-state index >= 15 is 0 Å². The van der Waals surface area contributed by atoms with E-state index in [0.717, 1.165) is 35.4 Å². The average molecular weight is 299 g/mol. The first kappa shape index (κ1) is 11.2. The van der Waals surface area contributed by atoms with Crippen LogP contribution in [0, 0.1) is 18.7 Å². The van der Waals surface area contributed by atoms with Crippen molar-refractivity contribution in [2.75, 3.05) is 13.2 Å². The first-order chi connectivity index (χ1) is 8.15. The van der Waals surface area contributed by atoms with E-state index in [1.54, 1.807) is 0 Å². The lowest BCUT2D eigenvalue weighted by Crippen LogP contribution is -2.31. The Morgan fingerprint density at radius 2 is 2.29 bits per heavy atom. The molecule has 3 rings (SSSR count). The maximum atomic E-state index is 13.8. The highest BCUT2D eigenvalue weighted by Crippen LogP contribution is 2.27. The number of benzene rings is 1. The average Bonchev–Trinajstić information content (AvgIpc) is 2.49. The highest BCUT2D eigenvalue weighted by Gasteiger charge is 2.21. The summed E-state index contributed by atoms with van der Waals surface area (Å²) in [5.41, 5.74) is 1.59. The standard InChI is InChI=1S/C12H12BrFN2O/c1-7-12-10(14)2-9(13)3-11(12)16(15-7)4-8-5-17-6-8/h2-3,8H,4-6H2,1H3. The van der Waals surface area contributed by atoms with Crippen molar-refractivity contribution in [3.05, 3.63) is 28.1 Å². The molecule has 1 aliphatic heterocycles. The van der Waals surface area contributed by atoms with E-state index < -0.39 is 0 Å². The largest absolute Gasteiger partial charge is 0.381 e. The molecule has 0 saturated carbocycles. The molecule has 1 aliphatic rings. The molecule has 0 N–H and O–H groups in total. The zero-order chi connectivity index (χ0) is 12.0. The van der Waals surface area contributed by atoms with Crippen LogP contribution in [-0.2, 0) is 11.3 Å². The molecule has 1 fully saturated rings. The number of fused-ring (bicyclic) bond motifs is 1. The third-order valence-corrected chi connectivity index (χ3v) is 3.54. The fourth-order valence-electron chi connectivity index (χ4n) is 2.18. The van der Waals surface area contributed by atoms with Crippen LogP contribution in [0.1, 0.15) is 5.69 Å². The number of nitrogens with zero attached hydrogens (tertiary/aromatic N) is 2. The molecule has 0 unspecified atom stereocenters. The summed E-state index contributed by atoms with van der Waals surface area (Å²) in [6, 6.07) is 3.39. The van der Waals surface area contributed by atoms with E-state index in [0.29, 0.717) is 11.3 Å². The molecule has 5 heteroatoms. The molecule has 3 nitrogen and oxygen atoms in total. The van der Waals surface area contributed by atoms with Crippen molar-refractivity contribution in [3.8, 4) is 0 Å². The van der Waals surface area contributed by atoms with Gasteiger partial charge in [-0.3, -0.25) is 4.68 Å². The molecule has 0 amide bonds. The number of rotatable bonds is 2. The zero-order valence-electron chi connectivity index (χ0n) is 9.41. The number of hydrogen-bond acceptors (Lipinski definition) is 2. The minimum atomic E-state index is -0.219. The van der Waals surface area contributed by atoms with Crippen molar-refractivity contribution in [2.45, 2.75) is 13.5 Å². The van der Waals surface area contributed by atoms with Crippen molar-refractivity contribution >= 4 is 26.8 Å². The van der Waals surface area contributed by atoms with Crippen molar-refractivity contribution in [1.29, 1.82) is 0 Å². The fraction of sp³-hybridized carbons (Fsp3) is 0.417. The lowest BCUT2D eigenvalue weighted by Gasteiger charge is -2.25. The third kappa shape index (κ3) is 1.87. The van der Waals surface area contributed by atoms with Crippen molar-refractivity contribution in [1.82, 2.24) is 9.78 Å². The smallest absolute Gasteiger partial charge is 0.135 e. The molecule has 2 heterocycles. The number of aromatic nitrogens is 2. The van der Waals surface area contributed by atoms with Crippen LogP contribution in [0.3, 0.4) is 0 Å². The number of ether oxygens (including phenoxy) is 1. The second-order valence-electron chi connectivity index (χ2n) is 4.45. The van der Waals surface area contributed by atoms with Gasteiger partial charge in [0.15, 0.2) is 0 Å². The lowest BCUT2D eigenvalue weighted by molar-refractivity contribution is -0.0403. The Labute approximate surface area is 107 Å². The van der Waals surface area contributed by atoms with Crippen LogP contribution in [0.2, 0.25) is 0 Å². The summed E-state index contributed by atoms with van der Waals surface area (Å²) in [6.45, 7) is 4.18. The molecule has 1 aromatic carbocycles. The van der Waals surface area contributed by atoms with Gasteiger partial charge >= 0.3 is 0 Å². The Morgan fingerprint density at radius 1 is 1.53 bits per heavy atom. The topological polar surface area (TPSA) is 27.1 Å². The molecule has 1 aromatic heterocycles. The van der Waals surface area contributed by atoms with Crippen molar-refractivity contribution in [2.24, 2.45) is 5.92 Å². The second kappa shape index (κ2) is 4.07. The van der Waals surface area contributed by atoms with Gasteiger partial charge in [-0.25, -0.2) is 4.39 Å². The molecular formula is C12H12BrFN2O. The van der Waals surface area contributed by atoms with Crippen LogP contribution in [0.15, 0.2) is 16.6 Å². The lowest BCUT2D eigenvalue weighted by atomic mass is 10.1. The van der Waals surface area contributed by atoms with Crippen molar-refractivity contribution in [3.63, 3.8) is 0 Å². The Kier molecular flexibility index (Phi) is 2.67. The second-order valence-corrected chi connectivity index (χ2v) is 5.37. The molecule has 2 aromatic rings. The van der Waals surface area contributed by atoms with Crippen molar-refractivity contribution < 1.29 is 9.13 Å². The Morgan fingerprint density at radius 3 is 2.94 bits per heavy atom. The SMILES string of the molecule is Cc1nn(CC2COC2)c2cc(Br)cc(F)c12. The first-order valence-electron chi connectivity index (χ1n) is 5.55. The molecule has 0 spiro atoms. The molecule has 0 atom stereocenters. The van der Waals surface area contributed by atoms with Crippen LogP contribution in [0.5, 0.6) is 0 Å². The van der Waals surface area contributed by atoms with Crippen LogP contribution >= 0.6 is 15.9 Å². The Balaban J connectivity index is 2.11. The van der Waals surface area contributed by atoms with E-state index in [2.05, 4.69) is 21.0 Å². The zero-order valence-corrected chi connectivity index (χ0v) is 11.0. The van der Waals surface area contributed by atoms with Gasteiger partial charge in [-0.15, -0.1) is 0 Å². The van der Waals surface area contributed by atoms with Gasteiger partial charge in [0.05, 0.1) is 29.8 Å². The Bertz CT molecular complexity index is 577. The van der Waals surface area contributed by atoms with Gasteiger partial charge in [-0.2, -0.15) is 5.10 Å². The maximum Gasteiger partial charge on any atom is 0.135 e. The van der Waals surface area contributed by atoms with E-state index in [1.807, 2.05) is 17.7 Å². The minimum Gasteiger partial charge on any atom is -0.381 e. The van der Waals surface area contributed by atoms with Gasteiger partial charge < -0.3 is 4.74 Å². The van der Waals surface area contributed by atoms with E-state index in [4.69, 9.17) is 4.74 Å². The Hall–Kier alpha value is -0.940.